The van der Waals surface area contributed by atoms with E-state index in [2.05, 4.69) is 84.6 Å². The molecule has 0 aromatic heterocycles. The fourth-order valence-electron chi connectivity index (χ4n) is 2.96. The molecule has 3 aromatic carbocycles. The first-order valence-corrected chi connectivity index (χ1v) is 8.20. The van der Waals surface area contributed by atoms with Crippen molar-refractivity contribution in [3.8, 4) is 0 Å². The zero-order valence-corrected chi connectivity index (χ0v) is 13.2. The van der Waals surface area contributed by atoms with Crippen molar-refractivity contribution >= 4 is 22.1 Å². The minimum atomic E-state index is 1.06. The monoisotopic (exact) mass is 289 g/mol. The first-order valence-electron chi connectivity index (χ1n) is 8.20. The molecular formula is C21H23N. The molecule has 0 aliphatic heterocycles. The van der Waals surface area contributed by atoms with Crippen LogP contribution in [-0.2, 0) is 0 Å². The van der Waals surface area contributed by atoms with E-state index >= 15 is 0 Å². The summed E-state index contributed by atoms with van der Waals surface area (Å²) in [6.07, 6.45) is 3.74. The number of benzene rings is 3. The molecule has 0 bridgehead atoms. The predicted octanol–water partition coefficient (Wildman–Crippen LogP) is 6.17. The van der Waals surface area contributed by atoms with Crippen LogP contribution < -0.4 is 4.90 Å². The molecule has 112 valence electrons. The SMILES string of the molecule is CCCCCN(c1ccccc1)c1cccc2ccccc12. The summed E-state index contributed by atoms with van der Waals surface area (Å²) >= 11 is 0. The second kappa shape index (κ2) is 7.13. The van der Waals surface area contributed by atoms with Crippen molar-refractivity contribution in [2.24, 2.45) is 0 Å². The Balaban J connectivity index is 2.04. The van der Waals surface area contributed by atoms with Crippen LogP contribution in [0.4, 0.5) is 11.4 Å². The van der Waals surface area contributed by atoms with E-state index in [0.717, 1.165) is 6.54 Å². The molecule has 3 aromatic rings. The lowest BCUT2D eigenvalue weighted by Crippen LogP contribution is -2.18. The molecule has 0 aliphatic carbocycles. The molecule has 0 amide bonds. The van der Waals surface area contributed by atoms with Crippen molar-refractivity contribution in [3.05, 3.63) is 72.8 Å². The van der Waals surface area contributed by atoms with Gasteiger partial charge in [-0.05, 0) is 30.0 Å². The molecule has 0 radical (unpaired) electrons. The number of hydrogen-bond donors (Lipinski definition) is 0. The van der Waals surface area contributed by atoms with Gasteiger partial charge in [0.1, 0.15) is 0 Å². The molecule has 0 fully saturated rings. The van der Waals surface area contributed by atoms with E-state index in [-0.39, 0.29) is 0 Å². The van der Waals surface area contributed by atoms with Gasteiger partial charge in [-0.1, -0.05) is 74.4 Å². The average molecular weight is 289 g/mol. The Morgan fingerprint density at radius 1 is 0.727 bits per heavy atom. The molecular weight excluding hydrogens is 266 g/mol. The third-order valence-electron chi connectivity index (χ3n) is 4.11. The molecule has 0 unspecified atom stereocenters. The van der Waals surface area contributed by atoms with Crippen LogP contribution in [0.3, 0.4) is 0 Å². The minimum absolute atomic E-state index is 1.06. The maximum Gasteiger partial charge on any atom is 0.0490 e. The normalized spacial score (nSPS) is 10.8. The van der Waals surface area contributed by atoms with E-state index in [1.807, 2.05) is 0 Å². The number of nitrogens with zero attached hydrogens (tertiary/aromatic N) is 1. The highest BCUT2D eigenvalue weighted by Gasteiger charge is 2.11. The number of rotatable bonds is 6. The molecule has 0 spiro atoms. The summed E-state index contributed by atoms with van der Waals surface area (Å²) in [5.74, 6) is 0. The van der Waals surface area contributed by atoms with Gasteiger partial charge < -0.3 is 4.90 Å². The summed E-state index contributed by atoms with van der Waals surface area (Å²) in [5, 5.41) is 2.63. The number of para-hydroxylation sites is 1. The van der Waals surface area contributed by atoms with E-state index in [9.17, 15) is 0 Å². The maximum atomic E-state index is 2.46. The molecule has 0 heterocycles. The van der Waals surface area contributed by atoms with Crippen LogP contribution in [0.15, 0.2) is 72.8 Å². The standard InChI is InChI=1S/C21H23N/c1-2-3-9-17-22(19-13-5-4-6-14-19)21-16-10-12-18-11-7-8-15-20(18)21/h4-8,10-16H,2-3,9,17H2,1H3. The van der Waals surface area contributed by atoms with Gasteiger partial charge in [0.05, 0.1) is 0 Å². The number of fused-ring (bicyclic) bond motifs is 1. The summed E-state index contributed by atoms with van der Waals surface area (Å²) in [6.45, 7) is 3.32. The van der Waals surface area contributed by atoms with E-state index in [1.54, 1.807) is 0 Å². The maximum absolute atomic E-state index is 2.46. The Kier molecular flexibility index (Phi) is 4.75. The van der Waals surface area contributed by atoms with Crippen LogP contribution >= 0.6 is 0 Å². The van der Waals surface area contributed by atoms with Gasteiger partial charge in [-0.25, -0.2) is 0 Å². The lowest BCUT2D eigenvalue weighted by molar-refractivity contribution is 0.717. The Morgan fingerprint density at radius 3 is 2.27 bits per heavy atom. The molecule has 1 nitrogen and oxygen atoms in total. The summed E-state index contributed by atoms with van der Waals surface area (Å²) < 4.78 is 0. The molecule has 0 aliphatic rings. The van der Waals surface area contributed by atoms with Crippen LogP contribution in [0, 0.1) is 0 Å². The lowest BCUT2D eigenvalue weighted by atomic mass is 10.1. The Bertz CT molecular complexity index is 713. The summed E-state index contributed by atoms with van der Waals surface area (Å²) in [4.78, 5) is 2.46. The van der Waals surface area contributed by atoms with E-state index < -0.39 is 0 Å². The highest BCUT2D eigenvalue weighted by atomic mass is 15.1. The second-order valence-electron chi connectivity index (χ2n) is 5.69. The highest BCUT2D eigenvalue weighted by molar-refractivity contribution is 5.96. The van der Waals surface area contributed by atoms with Crippen molar-refractivity contribution in [1.29, 1.82) is 0 Å². The van der Waals surface area contributed by atoms with Gasteiger partial charge >= 0.3 is 0 Å². The van der Waals surface area contributed by atoms with Crippen LogP contribution in [0.2, 0.25) is 0 Å². The average Bonchev–Trinajstić information content (AvgIpc) is 2.59. The molecule has 3 rings (SSSR count). The summed E-state index contributed by atoms with van der Waals surface area (Å²) in [5.41, 5.74) is 2.58. The second-order valence-corrected chi connectivity index (χ2v) is 5.69. The molecule has 0 saturated heterocycles. The van der Waals surface area contributed by atoms with Crippen LogP contribution in [-0.4, -0.2) is 6.54 Å². The zero-order valence-electron chi connectivity index (χ0n) is 13.2. The fraction of sp³-hybridized carbons (Fsp3) is 0.238. The van der Waals surface area contributed by atoms with Crippen molar-refractivity contribution < 1.29 is 0 Å². The van der Waals surface area contributed by atoms with Gasteiger partial charge in [0.25, 0.3) is 0 Å². The van der Waals surface area contributed by atoms with Gasteiger partial charge in [0.15, 0.2) is 0 Å². The van der Waals surface area contributed by atoms with Crippen LogP contribution in [0.25, 0.3) is 10.8 Å². The van der Waals surface area contributed by atoms with E-state index in [1.165, 1.54) is 41.4 Å². The Morgan fingerprint density at radius 2 is 1.45 bits per heavy atom. The number of unbranched alkanes of at least 4 members (excludes halogenated alkanes) is 2. The topological polar surface area (TPSA) is 3.24 Å². The van der Waals surface area contributed by atoms with E-state index in [0.29, 0.717) is 0 Å². The largest absolute Gasteiger partial charge is 0.341 e. The lowest BCUT2D eigenvalue weighted by Gasteiger charge is -2.26. The third-order valence-corrected chi connectivity index (χ3v) is 4.11. The summed E-state index contributed by atoms with van der Waals surface area (Å²) in [6, 6.07) is 26.0. The predicted molar refractivity (Wildman–Crippen MR) is 96.9 cm³/mol. The van der Waals surface area contributed by atoms with Gasteiger partial charge in [-0.3, -0.25) is 0 Å². The molecule has 0 saturated carbocycles. The van der Waals surface area contributed by atoms with Crippen LogP contribution in [0.1, 0.15) is 26.2 Å². The molecule has 0 N–H and O–H groups in total. The fourth-order valence-corrected chi connectivity index (χ4v) is 2.96. The van der Waals surface area contributed by atoms with Crippen molar-refractivity contribution in [3.63, 3.8) is 0 Å². The van der Waals surface area contributed by atoms with E-state index in [4.69, 9.17) is 0 Å². The smallest absolute Gasteiger partial charge is 0.0490 e. The highest BCUT2D eigenvalue weighted by Crippen LogP contribution is 2.32. The molecule has 1 heteroatoms. The number of anilines is 2. The third kappa shape index (κ3) is 3.14. The van der Waals surface area contributed by atoms with Crippen molar-refractivity contribution in [2.75, 3.05) is 11.4 Å². The van der Waals surface area contributed by atoms with Crippen molar-refractivity contribution in [2.45, 2.75) is 26.2 Å². The van der Waals surface area contributed by atoms with Gasteiger partial charge in [0.2, 0.25) is 0 Å². The quantitative estimate of drug-likeness (QED) is 0.491. The van der Waals surface area contributed by atoms with Crippen molar-refractivity contribution in [1.82, 2.24) is 0 Å². The Labute approximate surface area is 133 Å². The first-order chi connectivity index (χ1) is 10.9. The number of hydrogen-bond acceptors (Lipinski definition) is 1. The van der Waals surface area contributed by atoms with Gasteiger partial charge in [-0.15, -0.1) is 0 Å². The van der Waals surface area contributed by atoms with Gasteiger partial charge in [0, 0.05) is 23.3 Å². The molecule has 22 heavy (non-hydrogen) atoms. The zero-order chi connectivity index (χ0) is 15.2. The first kappa shape index (κ1) is 14.6. The van der Waals surface area contributed by atoms with Crippen LogP contribution in [0.5, 0.6) is 0 Å². The minimum Gasteiger partial charge on any atom is -0.341 e. The Hall–Kier alpha value is -2.28. The van der Waals surface area contributed by atoms with Gasteiger partial charge in [-0.2, -0.15) is 0 Å². The summed E-state index contributed by atoms with van der Waals surface area (Å²) in [7, 11) is 0. The molecule has 0 atom stereocenters.